The van der Waals surface area contributed by atoms with Crippen LogP contribution in [0.1, 0.15) is 0 Å². The van der Waals surface area contributed by atoms with Gasteiger partial charge in [-0.2, -0.15) is 0 Å². The first-order valence-corrected chi connectivity index (χ1v) is 22.9. The van der Waals surface area contributed by atoms with Crippen LogP contribution >= 0.6 is 0 Å². The number of hydrogen-bond donors (Lipinski definition) is 0. The van der Waals surface area contributed by atoms with E-state index in [1.807, 2.05) is 0 Å². The van der Waals surface area contributed by atoms with Crippen molar-refractivity contribution in [2.75, 3.05) is 0 Å². The third-order valence-electron chi connectivity index (χ3n) is 4.74. The minimum atomic E-state index is -6.17. The maximum absolute atomic E-state index is 8.58. The summed E-state index contributed by atoms with van der Waals surface area (Å²) in [5, 5.41) is 206. The van der Waals surface area contributed by atoms with E-state index in [0.29, 0.717) is 0 Å². The Labute approximate surface area is 537 Å². The Hall–Kier alpha value is -4.02. The average Bonchev–Trinajstić information content (AvgIpc) is 3.27. The summed E-state index contributed by atoms with van der Waals surface area (Å²) < 4.78 is 0. The fourth-order valence-electron chi connectivity index (χ4n) is 1.06. The fraction of sp³-hybridized carbons (Fsp3) is 0. The summed E-state index contributed by atoms with van der Waals surface area (Å²) in [5.74, 6) is 0. The minimum absolute atomic E-state index is 0. The van der Waals surface area contributed by atoms with Crippen LogP contribution in [0.3, 0.4) is 0 Å². The molecule has 20 N–H and O–H groups in total. The van der Waals surface area contributed by atoms with Gasteiger partial charge in [0.25, 0.3) is 0 Å². The summed E-state index contributed by atoms with van der Waals surface area (Å²) in [7, 11) is -24.7. The van der Waals surface area contributed by atoms with E-state index in [2.05, 4.69) is 0 Å². The van der Waals surface area contributed by atoms with E-state index in [0.717, 1.165) is 119 Å². The van der Waals surface area contributed by atoms with Gasteiger partial charge in [0.2, 0.25) is 0 Å². The van der Waals surface area contributed by atoms with Crippen molar-refractivity contribution >= 4 is 206 Å². The van der Waals surface area contributed by atoms with Crippen LogP contribution in [0.4, 0.5) is 0 Å². The molecule has 0 saturated heterocycles. The van der Waals surface area contributed by atoms with Gasteiger partial charge in [-0.15, -0.1) is 0 Å². The second kappa shape index (κ2) is 34.3. The monoisotopic (exact) mass is 1190 g/mol. The van der Waals surface area contributed by atoms with E-state index >= 15 is 0 Å². The first kappa shape index (κ1) is 119. The molecule has 66 heavy (non-hydrogen) atoms. The van der Waals surface area contributed by atoms with Crippen molar-refractivity contribution in [3.05, 3.63) is 0 Å². The van der Waals surface area contributed by atoms with Crippen molar-refractivity contribution in [3.63, 3.8) is 0 Å². The molecule has 34 nitrogen and oxygen atoms in total. The van der Waals surface area contributed by atoms with Crippen LogP contribution in [-0.2, 0) is 42.9 Å². The Balaban J connectivity index is -0.0000000272. The molecule has 336 valence electrons. The quantitative estimate of drug-likeness (QED) is 0.203. The van der Waals surface area contributed by atoms with Crippen molar-refractivity contribution < 1.29 is 97.7 Å². The van der Waals surface area contributed by atoms with E-state index in [1.165, 1.54) is 0 Å². The van der Waals surface area contributed by atoms with Crippen LogP contribution in [-0.4, -0.2) is 260 Å². The third-order valence-corrected chi connectivity index (χ3v) is 19.6. The summed E-state index contributed by atoms with van der Waals surface area (Å²) in [4.78, 5) is 24.8. The van der Waals surface area contributed by atoms with Gasteiger partial charge in [0.1, 0.15) is 0 Å². The molecule has 0 aromatic heterocycles. The molecule has 0 aliphatic heterocycles. The molecule has 0 atom stereocenters. The van der Waals surface area contributed by atoms with E-state index in [9.17, 15) is 0 Å². The number of nitriles is 24. The molecule has 0 saturated carbocycles. The summed E-state index contributed by atoms with van der Waals surface area (Å²) in [6, 6.07) is 0. The van der Waals surface area contributed by atoms with Gasteiger partial charge < -0.3 is 54.8 Å². The van der Waals surface area contributed by atoms with Crippen molar-refractivity contribution in [1.29, 1.82) is 126 Å². The Morgan fingerprint density at radius 3 is 0.152 bits per heavy atom. The second-order valence-corrected chi connectivity index (χ2v) is 29.7. The molecule has 0 aliphatic rings. The molecule has 0 aromatic carbocycles. The molecule has 0 rings (SSSR count). The van der Waals surface area contributed by atoms with E-state index < -0.39 is 42.9 Å². The molecule has 0 amide bonds. The average molecular weight is 1190 g/mol. The summed E-state index contributed by atoms with van der Waals surface area (Å²) in [5.41, 5.74) is 0. The SMILES string of the molecule is N#[C][Fe]([C]#N)([C]#N)([C]#N)([C]#N)[C]#N.N#[C][Fe]([C]#N)([C]#N)([C]#N)([C]#N)[C]#N.N#[C][Fe]([C]#N)([C]#N)([C]#N)([C]#N)[C]#N.N#[C][Fe]([C]#N)([C]#N)([C]#N)([C]#N)[C]#N.O.O.O.O.O.O.O.O.O.O.[KH].[KH].[KH].[KH]. The van der Waals surface area contributed by atoms with Crippen LogP contribution in [0.25, 0.3) is 0 Å². The van der Waals surface area contributed by atoms with Gasteiger partial charge in [-0.25, -0.2) is 0 Å². The summed E-state index contributed by atoms with van der Waals surface area (Å²) in [6.45, 7) is 0. The molecule has 0 radical (unpaired) electrons. The van der Waals surface area contributed by atoms with Gasteiger partial charge >= 0.3 is 494 Å². The standard InChI is InChI=1S/24CN.4Fe.4K.10H2O.4H/c24*1-2;;;;;;;;;;;;;;;;;;;;;;/h;;;;;;;;;;;;;;;;;;;;;;;;;;;;;;;;10*1H2;;;;. The molecule has 0 aliphatic carbocycles. The summed E-state index contributed by atoms with van der Waals surface area (Å²) >= 11 is 0. The topological polar surface area (TPSA) is 886 Å². The van der Waals surface area contributed by atoms with E-state index in [4.69, 9.17) is 126 Å². The number of hydrogen-bond acceptors (Lipinski definition) is 24. The van der Waals surface area contributed by atoms with Crippen LogP contribution in [0.2, 0.25) is 0 Å². The van der Waals surface area contributed by atoms with Gasteiger partial charge in [-0.05, 0) is 0 Å². The molecule has 0 unspecified atom stereocenters. The van der Waals surface area contributed by atoms with Gasteiger partial charge in [-0.3, -0.25) is 0 Å². The molecule has 0 heterocycles. The summed E-state index contributed by atoms with van der Waals surface area (Å²) in [6.07, 6.45) is 0. The zero-order valence-corrected chi connectivity index (χ0v) is 33.6. The molecular weight excluding hydrogens is 1160 g/mol. The van der Waals surface area contributed by atoms with Crippen LogP contribution in [0.5, 0.6) is 0 Å². The van der Waals surface area contributed by atoms with Crippen LogP contribution in [0, 0.1) is 246 Å². The second-order valence-electron chi connectivity index (χ2n) is 7.20. The van der Waals surface area contributed by atoms with Crippen molar-refractivity contribution in [2.24, 2.45) is 0 Å². The van der Waals surface area contributed by atoms with E-state index in [1.54, 1.807) is 0 Å². The molecule has 0 aromatic rings. The maximum atomic E-state index is 8.58. The first-order chi connectivity index (χ1) is 23.9. The Morgan fingerprint density at radius 2 is 0.152 bits per heavy atom. The Morgan fingerprint density at radius 1 is 0.121 bits per heavy atom. The molecular formula is C24H24Fe4K4N24O10. The normalized spacial score (nSPS) is 10.5. The van der Waals surface area contributed by atoms with E-state index in [-0.39, 0.29) is 260 Å². The fourth-order valence-corrected chi connectivity index (χ4v) is 4.37. The molecule has 0 spiro atoms. The van der Waals surface area contributed by atoms with Crippen LogP contribution < -0.4 is 0 Å². The zero-order valence-electron chi connectivity index (χ0n) is 29.1. The van der Waals surface area contributed by atoms with Crippen molar-refractivity contribution in [1.82, 2.24) is 0 Å². The predicted molar refractivity (Wildman–Crippen MR) is 199 cm³/mol. The van der Waals surface area contributed by atoms with Crippen LogP contribution in [0.15, 0.2) is 0 Å². The van der Waals surface area contributed by atoms with Gasteiger partial charge in [0.15, 0.2) is 0 Å². The third kappa shape index (κ3) is 15.5. The Bertz CT molecular complexity index is 2020. The van der Waals surface area contributed by atoms with Gasteiger partial charge in [0.05, 0.1) is 0 Å². The van der Waals surface area contributed by atoms with Gasteiger partial charge in [-0.1, -0.05) is 0 Å². The van der Waals surface area contributed by atoms with Gasteiger partial charge in [0, 0.05) is 0 Å². The van der Waals surface area contributed by atoms with Crippen molar-refractivity contribution in [3.8, 4) is 119 Å². The number of rotatable bonds is 0. The predicted octanol–water partition coefficient (Wildman–Crippen LogP) is -10.4. The molecule has 0 bridgehead atoms. The molecule has 42 heteroatoms. The number of nitrogens with zero attached hydrogens (tertiary/aromatic N) is 24. The van der Waals surface area contributed by atoms with Crippen molar-refractivity contribution in [2.45, 2.75) is 0 Å². The first-order valence-electron chi connectivity index (χ1n) is 9.61. The molecule has 0 fully saturated rings. The zero-order chi connectivity index (χ0) is 42.6. The Kier molecular flexibility index (Phi) is 61.9.